The van der Waals surface area contributed by atoms with Crippen LogP contribution in [0.5, 0.6) is 0 Å². The second kappa shape index (κ2) is 3.98. The molecule has 1 aromatic carbocycles. The van der Waals surface area contributed by atoms with E-state index in [0.717, 1.165) is 12.6 Å². The lowest BCUT2D eigenvalue weighted by Gasteiger charge is -1.95. The Morgan fingerprint density at radius 1 is 1.33 bits per heavy atom. The molecule has 4 heteroatoms. The maximum Gasteiger partial charge on any atom is 0.201 e. The van der Waals surface area contributed by atoms with Gasteiger partial charge in [-0.05, 0) is 24.7 Å². The first-order chi connectivity index (χ1) is 7.22. The molecule has 80 valence electrons. The molecule has 0 aliphatic heterocycles. The van der Waals surface area contributed by atoms with Crippen molar-refractivity contribution in [2.45, 2.75) is 13.5 Å². The summed E-state index contributed by atoms with van der Waals surface area (Å²) in [6, 6.07) is 4.32. The molecular formula is C11H11F2NO. The van der Waals surface area contributed by atoms with E-state index >= 15 is 0 Å². The Labute approximate surface area is 85.9 Å². The van der Waals surface area contributed by atoms with Gasteiger partial charge in [-0.1, -0.05) is 6.92 Å². The van der Waals surface area contributed by atoms with Crippen LogP contribution in [0.2, 0.25) is 0 Å². The Balaban J connectivity index is 2.42. The predicted octanol–water partition coefficient (Wildman–Crippen LogP) is 2.82. The van der Waals surface area contributed by atoms with Gasteiger partial charge in [-0.25, -0.2) is 4.39 Å². The largest absolute Gasteiger partial charge is 0.457 e. The molecule has 0 bridgehead atoms. The van der Waals surface area contributed by atoms with Crippen LogP contribution in [0.4, 0.5) is 8.78 Å². The summed E-state index contributed by atoms with van der Waals surface area (Å²) < 4.78 is 31.3. The number of benzene rings is 1. The number of furan rings is 1. The molecule has 2 nitrogen and oxygen atoms in total. The van der Waals surface area contributed by atoms with E-state index in [-0.39, 0.29) is 5.58 Å². The molecule has 1 aromatic heterocycles. The molecule has 0 spiro atoms. The van der Waals surface area contributed by atoms with Crippen LogP contribution in [0.25, 0.3) is 11.0 Å². The van der Waals surface area contributed by atoms with Gasteiger partial charge in [0.2, 0.25) is 5.82 Å². The molecule has 0 unspecified atom stereocenters. The van der Waals surface area contributed by atoms with Gasteiger partial charge < -0.3 is 9.73 Å². The number of fused-ring (bicyclic) bond motifs is 1. The average Bonchev–Trinajstić information content (AvgIpc) is 2.64. The van der Waals surface area contributed by atoms with E-state index in [4.69, 9.17) is 4.42 Å². The molecule has 0 amide bonds. The van der Waals surface area contributed by atoms with Crippen molar-refractivity contribution >= 4 is 11.0 Å². The molecule has 0 atom stereocenters. The fourth-order valence-electron chi connectivity index (χ4n) is 1.43. The van der Waals surface area contributed by atoms with Crippen LogP contribution < -0.4 is 5.32 Å². The number of nitrogens with one attached hydrogen (secondary N) is 1. The molecule has 0 fully saturated rings. The summed E-state index contributed by atoms with van der Waals surface area (Å²) in [5, 5.41) is 3.63. The van der Waals surface area contributed by atoms with E-state index in [1.807, 2.05) is 6.92 Å². The number of hydrogen-bond donors (Lipinski definition) is 1. The zero-order chi connectivity index (χ0) is 10.8. The highest BCUT2D eigenvalue weighted by molar-refractivity contribution is 5.78. The number of hydrogen-bond acceptors (Lipinski definition) is 2. The van der Waals surface area contributed by atoms with Gasteiger partial charge in [-0.2, -0.15) is 4.39 Å². The van der Waals surface area contributed by atoms with Crippen LogP contribution in [0.1, 0.15) is 12.7 Å². The quantitative estimate of drug-likeness (QED) is 0.844. The molecule has 1 N–H and O–H groups in total. The van der Waals surface area contributed by atoms with E-state index < -0.39 is 11.6 Å². The van der Waals surface area contributed by atoms with E-state index in [2.05, 4.69) is 5.32 Å². The standard InChI is InChI=1S/C11H11F2NO/c1-2-14-6-8-5-7-3-4-9(12)10(13)11(7)15-8/h3-5,14H,2,6H2,1H3. The Morgan fingerprint density at radius 3 is 2.87 bits per heavy atom. The van der Waals surface area contributed by atoms with Gasteiger partial charge in [0.15, 0.2) is 11.4 Å². The third kappa shape index (κ3) is 1.85. The van der Waals surface area contributed by atoms with Crippen molar-refractivity contribution < 1.29 is 13.2 Å². The van der Waals surface area contributed by atoms with Crippen LogP contribution in [-0.4, -0.2) is 6.54 Å². The van der Waals surface area contributed by atoms with Gasteiger partial charge in [0.1, 0.15) is 5.76 Å². The monoisotopic (exact) mass is 211 g/mol. The molecule has 2 rings (SSSR count). The lowest BCUT2D eigenvalue weighted by atomic mass is 10.2. The SMILES string of the molecule is CCNCc1cc2ccc(F)c(F)c2o1. The van der Waals surface area contributed by atoms with Crippen molar-refractivity contribution in [1.29, 1.82) is 0 Å². The third-order valence-corrected chi connectivity index (χ3v) is 2.18. The smallest absolute Gasteiger partial charge is 0.201 e. The van der Waals surface area contributed by atoms with E-state index in [1.165, 1.54) is 6.07 Å². The van der Waals surface area contributed by atoms with E-state index in [9.17, 15) is 8.78 Å². The fraction of sp³-hybridized carbons (Fsp3) is 0.273. The van der Waals surface area contributed by atoms with Crippen LogP contribution in [-0.2, 0) is 6.54 Å². The number of rotatable bonds is 3. The lowest BCUT2D eigenvalue weighted by molar-refractivity contribution is 0.470. The predicted molar refractivity (Wildman–Crippen MR) is 53.5 cm³/mol. The zero-order valence-electron chi connectivity index (χ0n) is 8.31. The van der Waals surface area contributed by atoms with Gasteiger partial charge >= 0.3 is 0 Å². The molecule has 0 aliphatic carbocycles. The molecule has 15 heavy (non-hydrogen) atoms. The molecular weight excluding hydrogens is 200 g/mol. The molecule has 0 radical (unpaired) electrons. The first kappa shape index (κ1) is 10.1. The summed E-state index contributed by atoms with van der Waals surface area (Å²) in [5.74, 6) is -1.20. The summed E-state index contributed by atoms with van der Waals surface area (Å²) >= 11 is 0. The van der Waals surface area contributed by atoms with Gasteiger partial charge in [0, 0.05) is 5.39 Å². The van der Waals surface area contributed by atoms with Crippen molar-refractivity contribution in [3.05, 3.63) is 35.6 Å². The Kier molecular flexibility index (Phi) is 2.68. The second-order valence-electron chi connectivity index (χ2n) is 3.27. The van der Waals surface area contributed by atoms with Crippen molar-refractivity contribution in [3.63, 3.8) is 0 Å². The van der Waals surface area contributed by atoms with Gasteiger partial charge in [-0.3, -0.25) is 0 Å². The van der Waals surface area contributed by atoms with Crippen molar-refractivity contribution in [3.8, 4) is 0 Å². The normalized spacial score (nSPS) is 11.1. The van der Waals surface area contributed by atoms with E-state index in [1.54, 1.807) is 6.07 Å². The second-order valence-corrected chi connectivity index (χ2v) is 3.27. The highest BCUT2D eigenvalue weighted by Crippen LogP contribution is 2.23. The minimum atomic E-state index is -0.921. The molecule has 2 aromatic rings. The van der Waals surface area contributed by atoms with Gasteiger partial charge in [0.05, 0.1) is 6.54 Å². The first-order valence-corrected chi connectivity index (χ1v) is 4.79. The van der Waals surface area contributed by atoms with E-state index in [0.29, 0.717) is 17.7 Å². The summed E-state index contributed by atoms with van der Waals surface area (Å²) in [5.41, 5.74) is -0.0112. The number of halogens is 2. The van der Waals surface area contributed by atoms with Crippen LogP contribution in [0, 0.1) is 11.6 Å². The van der Waals surface area contributed by atoms with Crippen LogP contribution in [0.15, 0.2) is 22.6 Å². The Bertz CT molecular complexity index is 479. The Morgan fingerprint density at radius 2 is 2.13 bits per heavy atom. The molecule has 0 saturated carbocycles. The van der Waals surface area contributed by atoms with Crippen LogP contribution in [0.3, 0.4) is 0 Å². The maximum absolute atomic E-state index is 13.2. The molecule has 1 heterocycles. The van der Waals surface area contributed by atoms with Gasteiger partial charge in [-0.15, -0.1) is 0 Å². The summed E-state index contributed by atoms with van der Waals surface area (Å²) in [4.78, 5) is 0. The first-order valence-electron chi connectivity index (χ1n) is 4.79. The highest BCUT2D eigenvalue weighted by atomic mass is 19.2. The minimum absolute atomic E-state index is 0.0112. The maximum atomic E-state index is 13.2. The highest BCUT2D eigenvalue weighted by Gasteiger charge is 2.11. The summed E-state index contributed by atoms with van der Waals surface area (Å²) in [6.07, 6.45) is 0. The zero-order valence-corrected chi connectivity index (χ0v) is 8.31. The fourth-order valence-corrected chi connectivity index (χ4v) is 1.43. The van der Waals surface area contributed by atoms with Crippen molar-refractivity contribution in [1.82, 2.24) is 5.32 Å². The van der Waals surface area contributed by atoms with Crippen LogP contribution >= 0.6 is 0 Å². The van der Waals surface area contributed by atoms with Crippen molar-refractivity contribution in [2.24, 2.45) is 0 Å². The minimum Gasteiger partial charge on any atom is -0.457 e. The molecule has 0 aliphatic rings. The lowest BCUT2D eigenvalue weighted by Crippen LogP contribution is -2.10. The average molecular weight is 211 g/mol. The summed E-state index contributed by atoms with van der Waals surface area (Å²) in [6.45, 7) is 3.28. The van der Waals surface area contributed by atoms with Gasteiger partial charge in [0.25, 0.3) is 0 Å². The van der Waals surface area contributed by atoms with Crippen molar-refractivity contribution in [2.75, 3.05) is 6.54 Å². The topological polar surface area (TPSA) is 25.2 Å². The Hall–Kier alpha value is -1.42. The summed E-state index contributed by atoms with van der Waals surface area (Å²) in [7, 11) is 0. The molecule has 0 saturated heterocycles. The third-order valence-electron chi connectivity index (χ3n) is 2.18.